The number of nitrogens with zero attached hydrogens (tertiary/aromatic N) is 1. The highest BCUT2D eigenvalue weighted by Crippen LogP contribution is 2.26. The molecule has 0 aliphatic heterocycles. The van der Waals surface area contributed by atoms with Gasteiger partial charge in [0.05, 0.1) is 9.92 Å². The zero-order chi connectivity index (χ0) is 15.6. The molecule has 21 heavy (non-hydrogen) atoms. The van der Waals surface area contributed by atoms with Crippen molar-refractivity contribution in [2.45, 2.75) is 25.3 Å². The lowest BCUT2D eigenvalue weighted by atomic mass is 10.1. The Kier molecular flexibility index (Phi) is 4.51. The number of aromatic nitrogens is 1. The molecule has 2 N–H and O–H groups in total. The van der Waals surface area contributed by atoms with Gasteiger partial charge in [0.2, 0.25) is 10.0 Å². The molecule has 5 nitrogen and oxygen atoms in total. The summed E-state index contributed by atoms with van der Waals surface area (Å²) in [6.07, 6.45) is 3.18. The predicted octanol–water partition coefficient (Wildman–Crippen LogP) is 2.58. The molecule has 0 spiro atoms. The monoisotopic (exact) mass is 326 g/mol. The van der Waals surface area contributed by atoms with Crippen LogP contribution in [0.4, 0.5) is 0 Å². The largest absolute Gasteiger partial charge is 0.489 e. The van der Waals surface area contributed by atoms with Crippen LogP contribution in [0.25, 0.3) is 0 Å². The molecule has 0 unspecified atom stereocenters. The normalized spacial score (nSPS) is 11.4. The number of rotatable bonds is 4. The van der Waals surface area contributed by atoms with Crippen molar-refractivity contribution in [2.75, 3.05) is 0 Å². The van der Waals surface area contributed by atoms with Crippen molar-refractivity contribution < 1.29 is 13.2 Å². The first-order valence-corrected chi connectivity index (χ1v) is 8.06. The van der Waals surface area contributed by atoms with Gasteiger partial charge in [0.1, 0.15) is 12.4 Å². The second kappa shape index (κ2) is 6.01. The summed E-state index contributed by atoms with van der Waals surface area (Å²) in [5, 5.41) is 5.69. The summed E-state index contributed by atoms with van der Waals surface area (Å²) in [6, 6.07) is 4.93. The molecule has 1 aromatic carbocycles. The lowest BCUT2D eigenvalue weighted by Gasteiger charge is -2.13. The molecule has 0 amide bonds. The fourth-order valence-electron chi connectivity index (χ4n) is 1.90. The Morgan fingerprint density at radius 2 is 2.00 bits per heavy atom. The average Bonchev–Trinajstić information content (AvgIpc) is 2.39. The van der Waals surface area contributed by atoms with Crippen molar-refractivity contribution >= 4 is 21.6 Å². The molecule has 0 saturated carbocycles. The van der Waals surface area contributed by atoms with Gasteiger partial charge < -0.3 is 4.74 Å². The van der Waals surface area contributed by atoms with Gasteiger partial charge in [0.25, 0.3) is 0 Å². The highest BCUT2D eigenvalue weighted by atomic mass is 35.5. The van der Waals surface area contributed by atoms with Crippen molar-refractivity contribution in [3.63, 3.8) is 0 Å². The summed E-state index contributed by atoms with van der Waals surface area (Å²) < 4.78 is 28.6. The van der Waals surface area contributed by atoms with E-state index < -0.39 is 10.0 Å². The van der Waals surface area contributed by atoms with Gasteiger partial charge in [-0.25, -0.2) is 13.6 Å². The minimum absolute atomic E-state index is 0.106. The maximum Gasteiger partial charge on any atom is 0.238 e. The van der Waals surface area contributed by atoms with Crippen LogP contribution in [0.5, 0.6) is 5.75 Å². The van der Waals surface area contributed by atoms with Crippen LogP contribution in [0, 0.1) is 13.8 Å². The number of halogens is 1. The zero-order valence-electron chi connectivity index (χ0n) is 11.6. The van der Waals surface area contributed by atoms with Crippen molar-refractivity contribution in [1.29, 1.82) is 0 Å². The van der Waals surface area contributed by atoms with Crippen LogP contribution in [-0.4, -0.2) is 13.4 Å². The van der Waals surface area contributed by atoms with E-state index in [-0.39, 0.29) is 11.5 Å². The number of hydrogen-bond donors (Lipinski definition) is 1. The molecule has 7 heteroatoms. The number of pyridine rings is 1. The molecule has 0 radical (unpaired) electrons. The summed E-state index contributed by atoms with van der Waals surface area (Å²) in [7, 11) is -3.73. The number of nitrogens with two attached hydrogens (primary N) is 1. The molecule has 0 aliphatic carbocycles. The molecule has 2 rings (SSSR count). The van der Waals surface area contributed by atoms with Crippen molar-refractivity contribution in [1.82, 2.24) is 4.98 Å². The third-order valence-corrected chi connectivity index (χ3v) is 4.41. The molecule has 1 heterocycles. The lowest BCUT2D eigenvalue weighted by molar-refractivity contribution is 0.303. The maximum absolute atomic E-state index is 11.5. The van der Waals surface area contributed by atoms with Crippen LogP contribution in [0.15, 0.2) is 35.5 Å². The SMILES string of the molecule is Cc1cc(S(N)(=O)=O)c(C)cc1OCc1ccncc1Cl. The molecule has 0 fully saturated rings. The van der Waals surface area contributed by atoms with E-state index in [0.29, 0.717) is 21.9 Å². The first-order chi connectivity index (χ1) is 9.79. The van der Waals surface area contributed by atoms with E-state index in [4.69, 9.17) is 21.5 Å². The first kappa shape index (κ1) is 15.8. The van der Waals surface area contributed by atoms with Gasteiger partial charge in [0, 0.05) is 18.0 Å². The van der Waals surface area contributed by atoms with Crippen LogP contribution >= 0.6 is 11.6 Å². The predicted molar refractivity (Wildman–Crippen MR) is 80.9 cm³/mol. The lowest BCUT2D eigenvalue weighted by Crippen LogP contribution is -2.14. The van der Waals surface area contributed by atoms with E-state index in [9.17, 15) is 8.42 Å². The second-order valence-electron chi connectivity index (χ2n) is 4.68. The van der Waals surface area contributed by atoms with Crippen LogP contribution in [0.2, 0.25) is 5.02 Å². The van der Waals surface area contributed by atoms with Crippen molar-refractivity contribution in [2.24, 2.45) is 5.14 Å². The molecule has 0 aliphatic rings. The molecule has 2 aromatic rings. The number of aryl methyl sites for hydroxylation is 2. The van der Waals surface area contributed by atoms with Crippen molar-refractivity contribution in [3.8, 4) is 5.75 Å². The fourth-order valence-corrected chi connectivity index (χ4v) is 2.92. The zero-order valence-corrected chi connectivity index (χ0v) is 13.2. The number of hydrogen-bond acceptors (Lipinski definition) is 4. The summed E-state index contributed by atoms with van der Waals surface area (Å²) in [5.74, 6) is 0.591. The molecule has 0 atom stereocenters. The quantitative estimate of drug-likeness (QED) is 0.936. The fraction of sp³-hybridized carbons (Fsp3) is 0.214. The Morgan fingerprint density at radius 3 is 2.62 bits per heavy atom. The number of ether oxygens (including phenoxy) is 1. The summed E-state index contributed by atoms with van der Waals surface area (Å²) in [5.41, 5.74) is 2.04. The molecule has 1 aromatic heterocycles. The van der Waals surface area contributed by atoms with Gasteiger partial charge in [-0.15, -0.1) is 0 Å². The van der Waals surface area contributed by atoms with E-state index in [1.54, 1.807) is 38.4 Å². The van der Waals surface area contributed by atoms with Gasteiger partial charge in [-0.2, -0.15) is 0 Å². The van der Waals surface area contributed by atoms with Gasteiger partial charge in [-0.05, 0) is 43.2 Å². The van der Waals surface area contributed by atoms with Crippen LogP contribution in [-0.2, 0) is 16.6 Å². The summed E-state index contributed by atoms with van der Waals surface area (Å²) in [4.78, 5) is 4.01. The van der Waals surface area contributed by atoms with Crippen LogP contribution in [0.3, 0.4) is 0 Å². The van der Waals surface area contributed by atoms with E-state index in [0.717, 1.165) is 5.56 Å². The molecule has 0 saturated heterocycles. The van der Waals surface area contributed by atoms with E-state index >= 15 is 0 Å². The molecular formula is C14H15ClN2O3S. The van der Waals surface area contributed by atoms with E-state index in [1.165, 1.54) is 6.07 Å². The van der Waals surface area contributed by atoms with Crippen molar-refractivity contribution in [3.05, 3.63) is 52.3 Å². The summed E-state index contributed by atoms with van der Waals surface area (Å²) in [6.45, 7) is 3.71. The number of primary sulfonamides is 1. The molecular weight excluding hydrogens is 312 g/mol. The third kappa shape index (κ3) is 3.72. The molecule has 112 valence electrons. The minimum Gasteiger partial charge on any atom is -0.489 e. The van der Waals surface area contributed by atoms with Gasteiger partial charge in [-0.3, -0.25) is 4.98 Å². The van der Waals surface area contributed by atoms with Gasteiger partial charge in [0.15, 0.2) is 0 Å². The summed E-state index contributed by atoms with van der Waals surface area (Å²) >= 11 is 6.01. The Labute approximate surface area is 128 Å². The smallest absolute Gasteiger partial charge is 0.238 e. The van der Waals surface area contributed by atoms with E-state index in [2.05, 4.69) is 4.98 Å². The van der Waals surface area contributed by atoms with Crippen LogP contribution in [0.1, 0.15) is 16.7 Å². The Morgan fingerprint density at radius 1 is 1.29 bits per heavy atom. The highest BCUT2D eigenvalue weighted by molar-refractivity contribution is 7.89. The topological polar surface area (TPSA) is 82.3 Å². The third-order valence-electron chi connectivity index (χ3n) is 3.02. The first-order valence-electron chi connectivity index (χ1n) is 6.14. The Balaban J connectivity index is 2.26. The maximum atomic E-state index is 11.5. The average molecular weight is 327 g/mol. The number of benzene rings is 1. The Bertz CT molecular complexity index is 776. The Hall–Kier alpha value is -1.63. The number of sulfonamides is 1. The van der Waals surface area contributed by atoms with Gasteiger partial charge in [-0.1, -0.05) is 11.6 Å². The van der Waals surface area contributed by atoms with E-state index in [1.807, 2.05) is 0 Å². The van der Waals surface area contributed by atoms with Gasteiger partial charge >= 0.3 is 0 Å². The minimum atomic E-state index is -3.73. The molecule has 0 bridgehead atoms. The van der Waals surface area contributed by atoms with Crippen LogP contribution < -0.4 is 9.88 Å². The second-order valence-corrected chi connectivity index (χ2v) is 6.62. The standard InChI is InChI=1S/C14H15ClN2O3S/c1-9-6-14(21(16,18)19)10(2)5-13(9)20-8-11-3-4-17-7-12(11)15/h3-7H,8H2,1-2H3,(H2,16,18,19). The highest BCUT2D eigenvalue weighted by Gasteiger charge is 2.14.